The van der Waals surface area contributed by atoms with Gasteiger partial charge in [0.05, 0.1) is 11.4 Å². The van der Waals surface area contributed by atoms with E-state index in [0.29, 0.717) is 0 Å². The third-order valence-corrected chi connectivity index (χ3v) is 3.40. The SMILES string of the molecule is Cc1ccc(C)c(-n2nc(C)c(C(C)N)c2C)c1. The Morgan fingerprint density at radius 2 is 1.83 bits per heavy atom. The molecule has 2 N–H and O–H groups in total. The van der Waals surface area contributed by atoms with E-state index in [0.717, 1.165) is 22.6 Å². The number of aryl methyl sites for hydroxylation is 3. The molecule has 96 valence electrons. The minimum Gasteiger partial charge on any atom is -0.324 e. The lowest BCUT2D eigenvalue weighted by Gasteiger charge is -2.10. The summed E-state index contributed by atoms with van der Waals surface area (Å²) in [7, 11) is 0. The van der Waals surface area contributed by atoms with Gasteiger partial charge < -0.3 is 5.73 Å². The molecule has 18 heavy (non-hydrogen) atoms. The maximum absolute atomic E-state index is 6.02. The molecule has 1 aromatic carbocycles. The fourth-order valence-corrected chi connectivity index (χ4v) is 2.50. The van der Waals surface area contributed by atoms with Gasteiger partial charge in [0.15, 0.2) is 0 Å². The molecule has 1 heterocycles. The van der Waals surface area contributed by atoms with E-state index in [1.54, 1.807) is 0 Å². The Balaban J connectivity index is 2.65. The number of hydrogen-bond donors (Lipinski definition) is 1. The number of aromatic nitrogens is 2. The second kappa shape index (κ2) is 4.58. The molecule has 0 aliphatic heterocycles. The Labute approximate surface area is 109 Å². The van der Waals surface area contributed by atoms with Crippen molar-refractivity contribution in [3.05, 3.63) is 46.3 Å². The van der Waals surface area contributed by atoms with Crippen LogP contribution in [0.2, 0.25) is 0 Å². The predicted molar refractivity (Wildman–Crippen MR) is 75.1 cm³/mol. The first kappa shape index (κ1) is 12.8. The monoisotopic (exact) mass is 243 g/mol. The van der Waals surface area contributed by atoms with Crippen molar-refractivity contribution in [3.63, 3.8) is 0 Å². The van der Waals surface area contributed by atoms with Crippen molar-refractivity contribution in [2.24, 2.45) is 5.73 Å². The van der Waals surface area contributed by atoms with Crippen molar-refractivity contribution in [3.8, 4) is 5.69 Å². The Morgan fingerprint density at radius 1 is 1.17 bits per heavy atom. The lowest BCUT2D eigenvalue weighted by Crippen LogP contribution is -2.08. The maximum atomic E-state index is 6.02. The molecule has 0 spiro atoms. The number of rotatable bonds is 2. The largest absolute Gasteiger partial charge is 0.324 e. The first-order chi connectivity index (χ1) is 8.41. The molecular formula is C15H21N3. The average molecular weight is 243 g/mol. The highest BCUT2D eigenvalue weighted by molar-refractivity contribution is 5.45. The van der Waals surface area contributed by atoms with E-state index in [9.17, 15) is 0 Å². The Hall–Kier alpha value is -1.61. The zero-order valence-electron chi connectivity index (χ0n) is 11.8. The normalized spacial score (nSPS) is 12.8. The van der Waals surface area contributed by atoms with Crippen LogP contribution in [0.15, 0.2) is 18.2 Å². The van der Waals surface area contributed by atoms with Gasteiger partial charge in [0.1, 0.15) is 0 Å². The standard InChI is InChI=1S/C15H21N3/c1-9-6-7-10(2)14(8-9)18-13(5)15(11(3)16)12(4)17-18/h6-8,11H,16H2,1-5H3. The Bertz CT molecular complexity index is 580. The number of nitrogens with two attached hydrogens (primary N) is 1. The first-order valence-corrected chi connectivity index (χ1v) is 6.31. The van der Waals surface area contributed by atoms with Crippen LogP contribution in [0.4, 0.5) is 0 Å². The summed E-state index contributed by atoms with van der Waals surface area (Å²) < 4.78 is 2.01. The van der Waals surface area contributed by atoms with Gasteiger partial charge in [0.2, 0.25) is 0 Å². The molecule has 0 fully saturated rings. The lowest BCUT2D eigenvalue weighted by molar-refractivity contribution is 0.794. The third-order valence-electron chi connectivity index (χ3n) is 3.40. The molecule has 0 amide bonds. The molecule has 2 aromatic rings. The number of nitrogens with zero attached hydrogens (tertiary/aromatic N) is 2. The van der Waals surface area contributed by atoms with Gasteiger partial charge in [-0.2, -0.15) is 5.10 Å². The molecule has 0 aliphatic rings. The Kier molecular flexibility index (Phi) is 3.26. The summed E-state index contributed by atoms with van der Waals surface area (Å²) in [4.78, 5) is 0. The lowest BCUT2D eigenvalue weighted by atomic mass is 10.1. The quantitative estimate of drug-likeness (QED) is 0.880. The van der Waals surface area contributed by atoms with E-state index in [1.165, 1.54) is 11.1 Å². The van der Waals surface area contributed by atoms with Crippen LogP contribution in [0.1, 0.15) is 41.0 Å². The van der Waals surface area contributed by atoms with Crippen LogP contribution in [0.3, 0.4) is 0 Å². The molecule has 0 radical (unpaired) electrons. The van der Waals surface area contributed by atoms with Crippen molar-refractivity contribution >= 4 is 0 Å². The van der Waals surface area contributed by atoms with E-state index < -0.39 is 0 Å². The molecule has 0 saturated heterocycles. The molecule has 1 aromatic heterocycles. The summed E-state index contributed by atoms with van der Waals surface area (Å²) in [5.74, 6) is 0. The average Bonchev–Trinajstić information content (AvgIpc) is 2.57. The zero-order valence-corrected chi connectivity index (χ0v) is 11.8. The molecule has 3 heteroatoms. The van der Waals surface area contributed by atoms with Gasteiger partial charge in [0, 0.05) is 17.3 Å². The van der Waals surface area contributed by atoms with Crippen LogP contribution >= 0.6 is 0 Å². The van der Waals surface area contributed by atoms with E-state index in [1.807, 2.05) is 18.5 Å². The van der Waals surface area contributed by atoms with Crippen molar-refractivity contribution < 1.29 is 0 Å². The molecule has 1 atom stereocenters. The topological polar surface area (TPSA) is 43.8 Å². The molecule has 2 rings (SSSR count). The van der Waals surface area contributed by atoms with Crippen LogP contribution in [0.25, 0.3) is 5.69 Å². The molecule has 0 aliphatic carbocycles. The highest BCUT2D eigenvalue weighted by Gasteiger charge is 2.16. The van der Waals surface area contributed by atoms with Gasteiger partial charge in [-0.05, 0) is 51.8 Å². The fourth-order valence-electron chi connectivity index (χ4n) is 2.50. The predicted octanol–water partition coefficient (Wildman–Crippen LogP) is 3.13. The number of hydrogen-bond acceptors (Lipinski definition) is 2. The minimum atomic E-state index is 0.0175. The van der Waals surface area contributed by atoms with Crippen LogP contribution in [0.5, 0.6) is 0 Å². The highest BCUT2D eigenvalue weighted by atomic mass is 15.3. The summed E-state index contributed by atoms with van der Waals surface area (Å²) in [6.45, 7) is 10.3. The molecule has 0 saturated carbocycles. The van der Waals surface area contributed by atoms with E-state index >= 15 is 0 Å². The van der Waals surface area contributed by atoms with Crippen LogP contribution in [-0.2, 0) is 0 Å². The van der Waals surface area contributed by atoms with Crippen molar-refractivity contribution in [1.29, 1.82) is 0 Å². The van der Waals surface area contributed by atoms with Gasteiger partial charge in [-0.15, -0.1) is 0 Å². The number of benzene rings is 1. The summed E-state index contributed by atoms with van der Waals surface area (Å²) in [5.41, 5.74) is 12.9. The Morgan fingerprint density at radius 3 is 2.39 bits per heavy atom. The molecule has 3 nitrogen and oxygen atoms in total. The van der Waals surface area contributed by atoms with Gasteiger partial charge in [-0.3, -0.25) is 0 Å². The van der Waals surface area contributed by atoms with Gasteiger partial charge >= 0.3 is 0 Å². The van der Waals surface area contributed by atoms with E-state index in [-0.39, 0.29) is 6.04 Å². The van der Waals surface area contributed by atoms with Gasteiger partial charge in [-0.25, -0.2) is 4.68 Å². The smallest absolute Gasteiger partial charge is 0.0680 e. The third kappa shape index (κ3) is 2.06. The highest BCUT2D eigenvalue weighted by Crippen LogP contribution is 2.24. The molecular weight excluding hydrogens is 222 g/mol. The van der Waals surface area contributed by atoms with Crippen molar-refractivity contribution in [2.75, 3.05) is 0 Å². The summed E-state index contributed by atoms with van der Waals surface area (Å²) in [5, 5.41) is 4.64. The minimum absolute atomic E-state index is 0.0175. The van der Waals surface area contributed by atoms with Gasteiger partial charge in [-0.1, -0.05) is 12.1 Å². The van der Waals surface area contributed by atoms with Gasteiger partial charge in [0.25, 0.3) is 0 Å². The second-order valence-corrected chi connectivity index (χ2v) is 5.07. The summed E-state index contributed by atoms with van der Waals surface area (Å²) in [6, 6.07) is 6.44. The van der Waals surface area contributed by atoms with Crippen LogP contribution < -0.4 is 5.73 Å². The van der Waals surface area contributed by atoms with Crippen molar-refractivity contribution in [2.45, 2.75) is 40.7 Å². The molecule has 1 unspecified atom stereocenters. The molecule has 0 bridgehead atoms. The van der Waals surface area contributed by atoms with E-state index in [4.69, 9.17) is 5.73 Å². The van der Waals surface area contributed by atoms with Crippen LogP contribution in [0, 0.1) is 27.7 Å². The fraction of sp³-hybridized carbons (Fsp3) is 0.400. The second-order valence-electron chi connectivity index (χ2n) is 5.07. The summed E-state index contributed by atoms with van der Waals surface area (Å²) >= 11 is 0. The first-order valence-electron chi connectivity index (χ1n) is 6.31. The van der Waals surface area contributed by atoms with E-state index in [2.05, 4.69) is 44.1 Å². The summed E-state index contributed by atoms with van der Waals surface area (Å²) in [6.07, 6.45) is 0. The van der Waals surface area contributed by atoms with Crippen LogP contribution in [-0.4, -0.2) is 9.78 Å². The zero-order chi connectivity index (χ0) is 13.4. The van der Waals surface area contributed by atoms with Crippen molar-refractivity contribution in [1.82, 2.24) is 9.78 Å². The maximum Gasteiger partial charge on any atom is 0.0680 e.